The number of hydrogen-bond acceptors (Lipinski definition) is 3. The molecule has 0 radical (unpaired) electrons. The van der Waals surface area contributed by atoms with Gasteiger partial charge in [0.15, 0.2) is 0 Å². The average Bonchev–Trinajstić information content (AvgIpc) is 2.46. The normalized spacial score (nSPS) is 22.7. The number of carbonyl (C=O) groups is 2. The first-order valence-corrected chi connectivity index (χ1v) is 6.62. The maximum atomic E-state index is 12.0. The van der Waals surface area contributed by atoms with Crippen molar-refractivity contribution in [2.75, 3.05) is 0 Å². The maximum absolute atomic E-state index is 12.0. The van der Waals surface area contributed by atoms with Gasteiger partial charge in [-0.25, -0.2) is 0 Å². The zero-order chi connectivity index (χ0) is 13.7. The van der Waals surface area contributed by atoms with E-state index in [1.54, 1.807) is 0 Å². The van der Waals surface area contributed by atoms with Crippen molar-refractivity contribution in [1.29, 1.82) is 0 Å². The zero-order valence-electron chi connectivity index (χ0n) is 10.7. The van der Waals surface area contributed by atoms with Gasteiger partial charge in [-0.05, 0) is 18.4 Å². The molecule has 0 saturated heterocycles. The number of hydrogen-bond donors (Lipinski definition) is 1. The van der Waals surface area contributed by atoms with E-state index in [0.717, 1.165) is 18.4 Å². The topological polar surface area (TPSA) is 63.6 Å². The highest BCUT2D eigenvalue weighted by Crippen LogP contribution is 2.31. The molecule has 0 bridgehead atoms. The van der Waals surface area contributed by atoms with Crippen LogP contribution in [0.1, 0.15) is 31.2 Å². The second-order valence-corrected chi connectivity index (χ2v) is 4.93. The van der Waals surface area contributed by atoms with Gasteiger partial charge in [0.2, 0.25) is 0 Å². The molecule has 0 heterocycles. The minimum atomic E-state index is -0.888. The SMILES string of the molecule is O=C(OCc1ccccc1)C1CCCC[C@H]1C(=O)O. The third-order valence-corrected chi connectivity index (χ3v) is 3.61. The molecular formula is C15H18O4. The fraction of sp³-hybridized carbons (Fsp3) is 0.467. The molecule has 4 nitrogen and oxygen atoms in total. The van der Waals surface area contributed by atoms with Crippen LogP contribution in [-0.4, -0.2) is 17.0 Å². The van der Waals surface area contributed by atoms with Crippen LogP contribution in [0.15, 0.2) is 30.3 Å². The lowest BCUT2D eigenvalue weighted by molar-refractivity contribution is -0.160. The van der Waals surface area contributed by atoms with E-state index in [9.17, 15) is 9.59 Å². The minimum Gasteiger partial charge on any atom is -0.481 e. The predicted molar refractivity (Wildman–Crippen MR) is 69.3 cm³/mol. The molecule has 4 heteroatoms. The summed E-state index contributed by atoms with van der Waals surface area (Å²) in [5.41, 5.74) is 0.915. The lowest BCUT2D eigenvalue weighted by Gasteiger charge is -2.26. The van der Waals surface area contributed by atoms with Gasteiger partial charge in [-0.1, -0.05) is 43.2 Å². The first kappa shape index (κ1) is 13.6. The second-order valence-electron chi connectivity index (χ2n) is 4.93. The summed E-state index contributed by atoms with van der Waals surface area (Å²) in [4.78, 5) is 23.1. The Bertz CT molecular complexity index is 441. The van der Waals surface area contributed by atoms with Crippen LogP contribution in [0.3, 0.4) is 0 Å². The predicted octanol–water partition coefficient (Wildman–Crippen LogP) is 2.62. The van der Waals surface area contributed by atoms with Crippen LogP contribution < -0.4 is 0 Å². The summed E-state index contributed by atoms with van der Waals surface area (Å²) in [5.74, 6) is -2.34. The maximum Gasteiger partial charge on any atom is 0.310 e. The Balaban J connectivity index is 1.93. The van der Waals surface area contributed by atoms with E-state index < -0.39 is 17.8 Å². The van der Waals surface area contributed by atoms with Gasteiger partial charge in [-0.15, -0.1) is 0 Å². The Morgan fingerprint density at radius 2 is 1.74 bits per heavy atom. The Kier molecular flexibility index (Phi) is 4.55. The summed E-state index contributed by atoms with van der Waals surface area (Å²) in [5, 5.41) is 9.14. The smallest absolute Gasteiger partial charge is 0.310 e. The lowest BCUT2D eigenvalue weighted by Crippen LogP contribution is -2.33. The van der Waals surface area contributed by atoms with E-state index in [-0.39, 0.29) is 12.6 Å². The molecule has 102 valence electrons. The third kappa shape index (κ3) is 3.56. The van der Waals surface area contributed by atoms with E-state index in [1.165, 1.54) is 0 Å². The molecule has 1 aromatic rings. The van der Waals surface area contributed by atoms with Gasteiger partial charge in [0, 0.05) is 0 Å². The number of esters is 1. The van der Waals surface area contributed by atoms with Crippen LogP contribution >= 0.6 is 0 Å². The Morgan fingerprint density at radius 3 is 2.37 bits per heavy atom. The number of carbonyl (C=O) groups excluding carboxylic acids is 1. The number of carboxylic acids is 1. The summed E-state index contributed by atoms with van der Waals surface area (Å²) < 4.78 is 5.25. The number of aliphatic carboxylic acids is 1. The van der Waals surface area contributed by atoms with Crippen LogP contribution in [0.4, 0.5) is 0 Å². The van der Waals surface area contributed by atoms with Crippen LogP contribution in [0, 0.1) is 11.8 Å². The number of ether oxygens (including phenoxy) is 1. The molecule has 19 heavy (non-hydrogen) atoms. The van der Waals surface area contributed by atoms with E-state index in [4.69, 9.17) is 9.84 Å². The van der Waals surface area contributed by atoms with Crippen LogP contribution in [0.2, 0.25) is 0 Å². The van der Waals surface area contributed by atoms with Crippen molar-refractivity contribution in [3.05, 3.63) is 35.9 Å². The molecule has 1 aliphatic rings. The molecule has 1 unspecified atom stereocenters. The first-order chi connectivity index (χ1) is 9.18. The molecule has 0 aliphatic heterocycles. The highest BCUT2D eigenvalue weighted by Gasteiger charge is 2.36. The quantitative estimate of drug-likeness (QED) is 0.847. The summed E-state index contributed by atoms with van der Waals surface area (Å²) in [6.07, 6.45) is 2.96. The third-order valence-electron chi connectivity index (χ3n) is 3.61. The molecular weight excluding hydrogens is 244 g/mol. The molecule has 0 aromatic heterocycles. The number of benzene rings is 1. The summed E-state index contributed by atoms with van der Waals surface area (Å²) in [7, 11) is 0. The summed E-state index contributed by atoms with van der Waals surface area (Å²) in [6, 6.07) is 9.41. The molecule has 1 fully saturated rings. The molecule has 2 atom stereocenters. The fourth-order valence-corrected chi connectivity index (χ4v) is 2.54. The molecule has 0 amide bonds. The van der Waals surface area contributed by atoms with Crippen LogP contribution in [0.25, 0.3) is 0 Å². The molecule has 1 saturated carbocycles. The highest BCUT2D eigenvalue weighted by atomic mass is 16.5. The number of rotatable bonds is 4. The Labute approximate surface area is 112 Å². The van der Waals surface area contributed by atoms with Gasteiger partial charge in [-0.2, -0.15) is 0 Å². The van der Waals surface area contributed by atoms with Crippen molar-refractivity contribution in [2.24, 2.45) is 11.8 Å². The van der Waals surface area contributed by atoms with Crippen LogP contribution in [-0.2, 0) is 20.9 Å². The molecule has 1 N–H and O–H groups in total. The summed E-state index contributed by atoms with van der Waals surface area (Å²) >= 11 is 0. The summed E-state index contributed by atoms with van der Waals surface area (Å²) in [6.45, 7) is 0.211. The minimum absolute atomic E-state index is 0.211. The van der Waals surface area contributed by atoms with Gasteiger partial charge in [0.25, 0.3) is 0 Å². The largest absolute Gasteiger partial charge is 0.481 e. The Hall–Kier alpha value is -1.84. The van der Waals surface area contributed by atoms with Gasteiger partial charge >= 0.3 is 11.9 Å². The van der Waals surface area contributed by atoms with Crippen molar-refractivity contribution in [3.8, 4) is 0 Å². The van der Waals surface area contributed by atoms with Crippen molar-refractivity contribution in [2.45, 2.75) is 32.3 Å². The first-order valence-electron chi connectivity index (χ1n) is 6.62. The second kappa shape index (κ2) is 6.36. The zero-order valence-corrected chi connectivity index (χ0v) is 10.7. The monoisotopic (exact) mass is 262 g/mol. The van der Waals surface area contributed by atoms with Crippen LogP contribution in [0.5, 0.6) is 0 Å². The number of carboxylic acid groups (broad SMARTS) is 1. The highest BCUT2D eigenvalue weighted by molar-refractivity contribution is 5.81. The van der Waals surface area contributed by atoms with Gasteiger partial charge in [0.1, 0.15) is 6.61 Å². The Morgan fingerprint density at radius 1 is 1.11 bits per heavy atom. The van der Waals surface area contributed by atoms with Crippen molar-refractivity contribution >= 4 is 11.9 Å². The molecule has 1 aliphatic carbocycles. The average molecular weight is 262 g/mol. The van der Waals surface area contributed by atoms with Gasteiger partial charge in [-0.3, -0.25) is 9.59 Å². The molecule has 0 spiro atoms. The standard InChI is InChI=1S/C15H18O4/c16-14(17)12-8-4-5-9-13(12)15(18)19-10-11-6-2-1-3-7-11/h1-3,6-7,12-13H,4-5,8-10H2,(H,16,17)/t12-,13?/m1/s1. The van der Waals surface area contributed by atoms with Gasteiger partial charge in [0.05, 0.1) is 11.8 Å². The van der Waals surface area contributed by atoms with E-state index in [0.29, 0.717) is 12.8 Å². The van der Waals surface area contributed by atoms with Crippen molar-refractivity contribution in [3.63, 3.8) is 0 Å². The van der Waals surface area contributed by atoms with E-state index >= 15 is 0 Å². The van der Waals surface area contributed by atoms with E-state index in [2.05, 4.69) is 0 Å². The fourth-order valence-electron chi connectivity index (χ4n) is 2.54. The van der Waals surface area contributed by atoms with Gasteiger partial charge < -0.3 is 9.84 Å². The molecule has 1 aromatic carbocycles. The molecule has 2 rings (SSSR count). The lowest BCUT2D eigenvalue weighted by atomic mass is 9.79. The van der Waals surface area contributed by atoms with E-state index in [1.807, 2.05) is 30.3 Å². The van der Waals surface area contributed by atoms with Crippen molar-refractivity contribution in [1.82, 2.24) is 0 Å². The van der Waals surface area contributed by atoms with Crippen molar-refractivity contribution < 1.29 is 19.4 Å².